The number of carbonyl (C=O) groups excluding carboxylic acids is 2. The standard InChI is InChI=1S/C31H27ClO4/c1-3-35-30(33)27-20-28(26-13-9-8-12-25(26)22-10-6-5-7-11-22)29(31(34)36-4-2)19-23(27)18-21-14-16-24(32)17-15-21/h5-17,19-20H,3-4,18H2,1-2H3. The van der Waals surface area contributed by atoms with E-state index in [9.17, 15) is 9.59 Å². The van der Waals surface area contributed by atoms with Gasteiger partial charge >= 0.3 is 11.9 Å². The summed E-state index contributed by atoms with van der Waals surface area (Å²) in [4.78, 5) is 26.3. The lowest BCUT2D eigenvalue weighted by molar-refractivity contribution is 0.0511. The van der Waals surface area contributed by atoms with Gasteiger partial charge < -0.3 is 9.47 Å². The van der Waals surface area contributed by atoms with Gasteiger partial charge in [-0.1, -0.05) is 78.3 Å². The molecule has 0 fully saturated rings. The zero-order valence-electron chi connectivity index (χ0n) is 20.3. The van der Waals surface area contributed by atoms with Crippen molar-refractivity contribution in [2.24, 2.45) is 0 Å². The molecular weight excluding hydrogens is 472 g/mol. The highest BCUT2D eigenvalue weighted by Gasteiger charge is 2.23. The number of ether oxygens (including phenoxy) is 2. The minimum Gasteiger partial charge on any atom is -0.462 e. The fourth-order valence-electron chi connectivity index (χ4n) is 4.20. The molecule has 4 nitrogen and oxygen atoms in total. The number of esters is 2. The predicted molar refractivity (Wildman–Crippen MR) is 143 cm³/mol. The van der Waals surface area contributed by atoms with Crippen LogP contribution >= 0.6 is 11.6 Å². The van der Waals surface area contributed by atoms with Gasteiger partial charge in [0.2, 0.25) is 0 Å². The van der Waals surface area contributed by atoms with Crippen LogP contribution in [0.3, 0.4) is 0 Å². The first-order valence-electron chi connectivity index (χ1n) is 11.9. The van der Waals surface area contributed by atoms with Crippen LogP contribution in [-0.2, 0) is 15.9 Å². The SMILES string of the molecule is CCOC(=O)c1cc(-c2ccccc2-c2ccccc2)c(C(=O)OCC)cc1Cc1ccc(Cl)cc1. The maximum atomic E-state index is 13.2. The number of rotatable bonds is 8. The number of halogens is 1. The van der Waals surface area contributed by atoms with E-state index in [1.165, 1.54) is 0 Å². The molecule has 0 spiro atoms. The summed E-state index contributed by atoms with van der Waals surface area (Å²) in [6.07, 6.45) is 0.429. The summed E-state index contributed by atoms with van der Waals surface area (Å²) in [5.74, 6) is -0.876. The van der Waals surface area contributed by atoms with Crippen molar-refractivity contribution in [1.82, 2.24) is 0 Å². The van der Waals surface area contributed by atoms with Crippen LogP contribution in [0.15, 0.2) is 91.0 Å². The number of carbonyl (C=O) groups is 2. The lowest BCUT2D eigenvalue weighted by Gasteiger charge is -2.18. The number of hydrogen-bond donors (Lipinski definition) is 0. The van der Waals surface area contributed by atoms with Crippen LogP contribution in [0.25, 0.3) is 22.3 Å². The van der Waals surface area contributed by atoms with Crippen LogP contribution in [0.2, 0.25) is 5.02 Å². The molecule has 0 amide bonds. The molecular formula is C31H27ClO4. The van der Waals surface area contributed by atoms with E-state index in [2.05, 4.69) is 0 Å². The van der Waals surface area contributed by atoms with Crippen molar-refractivity contribution in [1.29, 1.82) is 0 Å². The highest BCUT2D eigenvalue weighted by atomic mass is 35.5. The Morgan fingerprint density at radius 2 is 1.25 bits per heavy atom. The number of hydrogen-bond acceptors (Lipinski definition) is 4. The zero-order valence-corrected chi connectivity index (χ0v) is 21.0. The van der Waals surface area contributed by atoms with Gasteiger partial charge in [-0.15, -0.1) is 0 Å². The van der Waals surface area contributed by atoms with Gasteiger partial charge in [0.25, 0.3) is 0 Å². The van der Waals surface area contributed by atoms with E-state index in [0.717, 1.165) is 22.3 Å². The minimum atomic E-state index is -0.442. The van der Waals surface area contributed by atoms with Crippen LogP contribution in [0.1, 0.15) is 45.7 Å². The summed E-state index contributed by atoms with van der Waals surface area (Å²) in [5, 5.41) is 0.629. The smallest absolute Gasteiger partial charge is 0.338 e. The lowest BCUT2D eigenvalue weighted by Crippen LogP contribution is -2.13. The normalized spacial score (nSPS) is 10.6. The Morgan fingerprint density at radius 3 is 1.89 bits per heavy atom. The highest BCUT2D eigenvalue weighted by molar-refractivity contribution is 6.30. The molecule has 0 heterocycles. The van der Waals surface area contributed by atoms with Crippen LogP contribution in [0, 0.1) is 0 Å². The van der Waals surface area contributed by atoms with E-state index in [1.807, 2.05) is 66.7 Å². The van der Waals surface area contributed by atoms with E-state index >= 15 is 0 Å². The van der Waals surface area contributed by atoms with Crippen molar-refractivity contribution in [3.05, 3.63) is 118 Å². The van der Waals surface area contributed by atoms with E-state index in [-0.39, 0.29) is 13.2 Å². The van der Waals surface area contributed by atoms with Crippen molar-refractivity contribution >= 4 is 23.5 Å². The topological polar surface area (TPSA) is 52.6 Å². The number of benzene rings is 4. The largest absolute Gasteiger partial charge is 0.462 e. The molecule has 182 valence electrons. The van der Waals surface area contributed by atoms with Gasteiger partial charge in [0, 0.05) is 5.02 Å². The zero-order chi connectivity index (χ0) is 25.5. The van der Waals surface area contributed by atoms with Gasteiger partial charge in [0.15, 0.2) is 0 Å². The molecule has 0 unspecified atom stereocenters. The molecule has 4 aromatic rings. The molecule has 0 aromatic heterocycles. The third kappa shape index (κ3) is 5.67. The molecule has 0 N–H and O–H groups in total. The fraction of sp³-hybridized carbons (Fsp3) is 0.161. The Hall–Kier alpha value is -3.89. The predicted octanol–water partition coefficient (Wildman–Crippen LogP) is 7.62. The first kappa shape index (κ1) is 25.2. The summed E-state index contributed by atoms with van der Waals surface area (Å²) in [5.41, 5.74) is 5.85. The molecule has 5 heteroatoms. The first-order chi connectivity index (χ1) is 17.5. The summed E-state index contributed by atoms with van der Waals surface area (Å²) in [6, 6.07) is 28.7. The fourth-order valence-corrected chi connectivity index (χ4v) is 4.33. The summed E-state index contributed by atoms with van der Waals surface area (Å²) in [6.45, 7) is 4.03. The van der Waals surface area contributed by atoms with Gasteiger partial charge in [-0.3, -0.25) is 0 Å². The third-order valence-corrected chi connectivity index (χ3v) is 6.10. The molecule has 0 saturated carbocycles. The van der Waals surface area contributed by atoms with Crippen molar-refractivity contribution in [2.75, 3.05) is 13.2 Å². The summed E-state index contributed by atoms with van der Waals surface area (Å²) in [7, 11) is 0. The highest BCUT2D eigenvalue weighted by Crippen LogP contribution is 2.36. The average Bonchev–Trinajstić information content (AvgIpc) is 2.90. The van der Waals surface area contributed by atoms with Crippen LogP contribution in [-0.4, -0.2) is 25.2 Å². The molecule has 0 aliphatic rings. The van der Waals surface area contributed by atoms with Crippen molar-refractivity contribution in [2.45, 2.75) is 20.3 Å². The van der Waals surface area contributed by atoms with Gasteiger partial charge in [-0.25, -0.2) is 9.59 Å². The van der Waals surface area contributed by atoms with Crippen molar-refractivity contribution in [3.63, 3.8) is 0 Å². The second-order valence-electron chi connectivity index (χ2n) is 8.21. The van der Waals surface area contributed by atoms with Crippen LogP contribution in [0.5, 0.6) is 0 Å². The first-order valence-corrected chi connectivity index (χ1v) is 12.3. The van der Waals surface area contributed by atoms with E-state index < -0.39 is 11.9 Å². The quantitative estimate of drug-likeness (QED) is 0.234. The summed E-state index contributed by atoms with van der Waals surface area (Å²) >= 11 is 6.06. The molecule has 36 heavy (non-hydrogen) atoms. The van der Waals surface area contributed by atoms with E-state index in [1.54, 1.807) is 38.1 Å². The Labute approximate surface area is 216 Å². The Kier molecular flexibility index (Phi) is 8.19. The van der Waals surface area contributed by atoms with E-state index in [0.29, 0.717) is 33.7 Å². The van der Waals surface area contributed by atoms with E-state index in [4.69, 9.17) is 21.1 Å². The maximum absolute atomic E-state index is 13.2. The third-order valence-electron chi connectivity index (χ3n) is 5.84. The van der Waals surface area contributed by atoms with Crippen LogP contribution < -0.4 is 0 Å². The molecule has 0 atom stereocenters. The Morgan fingerprint density at radius 1 is 0.667 bits per heavy atom. The maximum Gasteiger partial charge on any atom is 0.338 e. The average molecular weight is 499 g/mol. The molecule has 4 rings (SSSR count). The molecule has 0 aliphatic carbocycles. The lowest BCUT2D eigenvalue weighted by atomic mass is 9.87. The molecule has 0 saturated heterocycles. The van der Waals surface area contributed by atoms with Gasteiger partial charge in [0.05, 0.1) is 24.3 Å². The minimum absolute atomic E-state index is 0.241. The van der Waals surface area contributed by atoms with Gasteiger partial charge in [-0.05, 0) is 77.9 Å². The molecule has 0 bridgehead atoms. The van der Waals surface area contributed by atoms with Gasteiger partial charge in [-0.2, -0.15) is 0 Å². The molecule has 0 aliphatic heterocycles. The van der Waals surface area contributed by atoms with Gasteiger partial charge in [0.1, 0.15) is 0 Å². The monoisotopic (exact) mass is 498 g/mol. The summed E-state index contributed by atoms with van der Waals surface area (Å²) < 4.78 is 10.8. The Balaban J connectivity index is 1.95. The van der Waals surface area contributed by atoms with Crippen molar-refractivity contribution < 1.29 is 19.1 Å². The Bertz CT molecular complexity index is 1360. The van der Waals surface area contributed by atoms with Crippen molar-refractivity contribution in [3.8, 4) is 22.3 Å². The second-order valence-corrected chi connectivity index (χ2v) is 8.65. The molecule has 4 aromatic carbocycles. The molecule has 0 radical (unpaired) electrons. The van der Waals surface area contributed by atoms with Crippen LogP contribution in [0.4, 0.5) is 0 Å². The second kappa shape index (κ2) is 11.7.